The van der Waals surface area contributed by atoms with Crippen LogP contribution in [0.3, 0.4) is 0 Å². The average molecular weight is 377 g/mol. The van der Waals surface area contributed by atoms with Crippen LogP contribution in [-0.4, -0.2) is 55.8 Å². The lowest BCUT2D eigenvalue weighted by Crippen LogP contribution is -2.30. The molecule has 0 aliphatic carbocycles. The molecule has 0 saturated carbocycles. The molecular formula is C20H32N4OS. The molecule has 144 valence electrons. The standard InChI is InChI=1S/C20H32N4OS/c1-5-10-24(4)20(25)15-12-18-17(22-19(21)13-15)14-16(26-18)9-7-6-8-11-23(2)3/h12,14H,5-11,13H2,1-4H3,(H2,21,22). The minimum absolute atomic E-state index is 0.0523. The van der Waals surface area contributed by atoms with Crippen LogP contribution < -0.4 is 5.73 Å². The van der Waals surface area contributed by atoms with E-state index in [2.05, 4.69) is 37.0 Å². The zero-order chi connectivity index (χ0) is 19.1. The molecule has 0 unspecified atom stereocenters. The van der Waals surface area contributed by atoms with Crippen LogP contribution in [0.2, 0.25) is 0 Å². The molecular weight excluding hydrogens is 344 g/mol. The van der Waals surface area contributed by atoms with Gasteiger partial charge < -0.3 is 15.5 Å². The number of aryl methyl sites for hydroxylation is 1. The fourth-order valence-electron chi connectivity index (χ4n) is 3.08. The predicted octanol–water partition coefficient (Wildman–Crippen LogP) is 3.67. The number of aliphatic imine (C=N–C) groups is 1. The summed E-state index contributed by atoms with van der Waals surface area (Å²) in [6.07, 6.45) is 8.07. The van der Waals surface area contributed by atoms with Crippen molar-refractivity contribution in [2.24, 2.45) is 10.7 Å². The van der Waals surface area contributed by atoms with Gasteiger partial charge in [0.1, 0.15) is 5.84 Å². The average Bonchev–Trinajstić information content (AvgIpc) is 2.87. The van der Waals surface area contributed by atoms with E-state index in [0.29, 0.717) is 12.3 Å². The topological polar surface area (TPSA) is 61.9 Å². The number of nitrogens with two attached hydrogens (primary N) is 1. The summed E-state index contributed by atoms with van der Waals surface area (Å²) in [5, 5.41) is 0. The van der Waals surface area contributed by atoms with E-state index < -0.39 is 0 Å². The highest BCUT2D eigenvalue weighted by Crippen LogP contribution is 2.35. The molecule has 2 heterocycles. The second-order valence-corrected chi connectivity index (χ2v) is 8.42. The van der Waals surface area contributed by atoms with Crippen LogP contribution in [0.1, 0.15) is 48.8 Å². The molecule has 0 fully saturated rings. The first kappa shape index (κ1) is 20.6. The third-order valence-corrected chi connectivity index (χ3v) is 5.57. The summed E-state index contributed by atoms with van der Waals surface area (Å²) >= 11 is 1.74. The zero-order valence-electron chi connectivity index (χ0n) is 16.5. The minimum atomic E-state index is 0.0523. The molecule has 2 N–H and O–H groups in total. The van der Waals surface area contributed by atoms with Crippen LogP contribution in [0.15, 0.2) is 16.6 Å². The van der Waals surface area contributed by atoms with Gasteiger partial charge in [0.2, 0.25) is 5.91 Å². The first-order valence-electron chi connectivity index (χ1n) is 9.47. The monoisotopic (exact) mass is 376 g/mol. The molecule has 1 aromatic heterocycles. The Hall–Kier alpha value is -1.66. The van der Waals surface area contributed by atoms with E-state index in [0.717, 1.165) is 42.1 Å². The number of nitrogens with zero attached hydrogens (tertiary/aromatic N) is 3. The van der Waals surface area contributed by atoms with Gasteiger partial charge in [0.05, 0.1) is 10.6 Å². The molecule has 1 aromatic rings. The molecule has 0 spiro atoms. The van der Waals surface area contributed by atoms with Gasteiger partial charge in [-0.2, -0.15) is 0 Å². The van der Waals surface area contributed by atoms with Crippen molar-refractivity contribution in [3.8, 4) is 0 Å². The van der Waals surface area contributed by atoms with E-state index in [4.69, 9.17) is 5.73 Å². The van der Waals surface area contributed by atoms with Crippen LogP contribution in [-0.2, 0) is 11.2 Å². The number of fused-ring (bicyclic) bond motifs is 1. The molecule has 0 radical (unpaired) electrons. The van der Waals surface area contributed by atoms with E-state index in [9.17, 15) is 4.79 Å². The van der Waals surface area contributed by atoms with Gasteiger partial charge in [-0.1, -0.05) is 13.3 Å². The van der Waals surface area contributed by atoms with Crippen molar-refractivity contribution in [1.29, 1.82) is 0 Å². The summed E-state index contributed by atoms with van der Waals surface area (Å²) in [5.41, 5.74) is 7.72. The Bertz CT molecular complexity index is 675. The molecule has 0 aromatic carbocycles. The maximum atomic E-state index is 12.6. The molecule has 1 amide bonds. The smallest absolute Gasteiger partial charge is 0.250 e. The number of unbranched alkanes of at least 4 members (excludes halogenated alkanes) is 2. The second kappa shape index (κ2) is 9.88. The Labute approximate surface area is 161 Å². The van der Waals surface area contributed by atoms with Gasteiger partial charge in [-0.3, -0.25) is 4.79 Å². The quantitative estimate of drug-likeness (QED) is 0.669. The van der Waals surface area contributed by atoms with Gasteiger partial charge in [0.15, 0.2) is 0 Å². The van der Waals surface area contributed by atoms with Gasteiger partial charge in [0, 0.05) is 30.5 Å². The van der Waals surface area contributed by atoms with Crippen LogP contribution >= 0.6 is 11.3 Å². The lowest BCUT2D eigenvalue weighted by atomic mass is 10.1. The maximum absolute atomic E-state index is 12.6. The summed E-state index contributed by atoms with van der Waals surface area (Å²) in [5.74, 6) is 0.570. The molecule has 0 atom stereocenters. The van der Waals surface area contributed by atoms with E-state index in [1.54, 1.807) is 16.2 Å². The predicted molar refractivity (Wildman–Crippen MR) is 112 cm³/mol. The lowest BCUT2D eigenvalue weighted by Gasteiger charge is -2.17. The lowest BCUT2D eigenvalue weighted by molar-refractivity contribution is -0.125. The fourth-order valence-corrected chi connectivity index (χ4v) is 4.19. The SMILES string of the molecule is CCCN(C)C(=O)C1=Cc2sc(CCCCCN(C)C)cc2N=C(N)C1. The van der Waals surface area contributed by atoms with Gasteiger partial charge in [-0.15, -0.1) is 11.3 Å². The fraction of sp³-hybridized carbons (Fsp3) is 0.600. The molecule has 26 heavy (non-hydrogen) atoms. The van der Waals surface area contributed by atoms with Crippen LogP contribution in [0.25, 0.3) is 6.08 Å². The first-order chi connectivity index (χ1) is 12.4. The number of amides is 1. The van der Waals surface area contributed by atoms with Crippen LogP contribution in [0, 0.1) is 0 Å². The number of rotatable bonds is 9. The number of carbonyl (C=O) groups is 1. The summed E-state index contributed by atoms with van der Waals surface area (Å²) in [4.78, 5) is 23.6. The Kier molecular flexibility index (Phi) is 7.85. The van der Waals surface area contributed by atoms with E-state index in [1.165, 1.54) is 24.1 Å². The van der Waals surface area contributed by atoms with Crippen molar-refractivity contribution < 1.29 is 4.79 Å². The second-order valence-electron chi connectivity index (χ2n) is 7.25. The highest BCUT2D eigenvalue weighted by Gasteiger charge is 2.20. The molecule has 5 nitrogen and oxygen atoms in total. The number of carbonyl (C=O) groups excluding carboxylic acids is 1. The van der Waals surface area contributed by atoms with E-state index in [-0.39, 0.29) is 5.91 Å². The first-order valence-corrected chi connectivity index (χ1v) is 10.3. The third kappa shape index (κ3) is 5.95. The summed E-state index contributed by atoms with van der Waals surface area (Å²) in [7, 11) is 6.07. The van der Waals surface area contributed by atoms with Crippen LogP contribution in [0.4, 0.5) is 5.69 Å². The molecule has 0 bridgehead atoms. The summed E-state index contributed by atoms with van der Waals surface area (Å²) < 4.78 is 0. The number of hydrogen-bond donors (Lipinski definition) is 1. The zero-order valence-corrected chi connectivity index (χ0v) is 17.4. The van der Waals surface area contributed by atoms with Crippen molar-refractivity contribution >= 4 is 34.8 Å². The third-order valence-electron chi connectivity index (χ3n) is 4.44. The highest BCUT2D eigenvalue weighted by molar-refractivity contribution is 7.13. The Balaban J connectivity index is 2.06. The Morgan fingerprint density at radius 3 is 2.69 bits per heavy atom. The van der Waals surface area contributed by atoms with Crippen molar-refractivity contribution in [2.75, 3.05) is 34.2 Å². The number of likely N-dealkylation sites (N-methyl/N-ethyl adjacent to an activating group) is 1. The van der Waals surface area contributed by atoms with Gasteiger partial charge in [0.25, 0.3) is 0 Å². The molecule has 0 saturated heterocycles. The number of hydrogen-bond acceptors (Lipinski definition) is 5. The molecule has 1 aliphatic heterocycles. The van der Waals surface area contributed by atoms with Crippen LogP contribution in [0.5, 0.6) is 0 Å². The molecule has 2 rings (SSSR count). The Morgan fingerprint density at radius 1 is 1.23 bits per heavy atom. The van der Waals surface area contributed by atoms with Gasteiger partial charge in [-0.25, -0.2) is 4.99 Å². The molecule has 1 aliphatic rings. The van der Waals surface area contributed by atoms with Crippen molar-refractivity contribution in [1.82, 2.24) is 9.80 Å². The van der Waals surface area contributed by atoms with E-state index >= 15 is 0 Å². The van der Waals surface area contributed by atoms with Crippen molar-refractivity contribution in [3.63, 3.8) is 0 Å². The van der Waals surface area contributed by atoms with Crippen molar-refractivity contribution in [2.45, 2.75) is 45.4 Å². The minimum Gasteiger partial charge on any atom is -0.387 e. The molecule has 6 heteroatoms. The summed E-state index contributed by atoms with van der Waals surface area (Å²) in [6.45, 7) is 3.97. The normalized spacial score (nSPS) is 13.9. The maximum Gasteiger partial charge on any atom is 0.250 e. The van der Waals surface area contributed by atoms with E-state index in [1.807, 2.05) is 13.1 Å². The number of thiophene rings is 1. The van der Waals surface area contributed by atoms with Gasteiger partial charge >= 0.3 is 0 Å². The largest absolute Gasteiger partial charge is 0.387 e. The summed E-state index contributed by atoms with van der Waals surface area (Å²) in [6, 6.07) is 2.14. The highest BCUT2D eigenvalue weighted by atomic mass is 32.1. The van der Waals surface area contributed by atoms with Crippen molar-refractivity contribution in [3.05, 3.63) is 21.4 Å². The Morgan fingerprint density at radius 2 is 2.00 bits per heavy atom. The number of amidine groups is 1. The van der Waals surface area contributed by atoms with Gasteiger partial charge in [-0.05, 0) is 58.5 Å².